The molecule has 4 heteroatoms. The van der Waals surface area contributed by atoms with Crippen molar-refractivity contribution in [1.82, 2.24) is 9.88 Å². The highest BCUT2D eigenvalue weighted by molar-refractivity contribution is 5.73. The minimum Gasteiger partial charge on any atom is -0.480 e. The van der Waals surface area contributed by atoms with Crippen LogP contribution in [-0.4, -0.2) is 34.0 Å². The number of hydrogen-bond acceptors (Lipinski definition) is 3. The second-order valence-corrected chi connectivity index (χ2v) is 4.30. The zero-order chi connectivity index (χ0) is 12.1. The van der Waals surface area contributed by atoms with E-state index in [1.807, 2.05) is 37.9 Å². The molecule has 1 heterocycles. The van der Waals surface area contributed by atoms with Crippen LogP contribution in [0.2, 0.25) is 0 Å². The number of rotatable bonds is 5. The first-order valence-corrected chi connectivity index (χ1v) is 5.34. The summed E-state index contributed by atoms with van der Waals surface area (Å²) in [5.41, 5.74) is 1.02. The number of pyridine rings is 1. The standard InChI is InChI=1S/C12H18N2O2/c1-9(2)11(12(15)16)14(3)8-10-5-4-6-13-7-10/h4-7,9,11H,8H2,1-3H3,(H,15,16). The summed E-state index contributed by atoms with van der Waals surface area (Å²) < 4.78 is 0. The molecule has 16 heavy (non-hydrogen) atoms. The predicted octanol–water partition coefficient (Wildman–Crippen LogP) is 1.62. The third kappa shape index (κ3) is 3.31. The van der Waals surface area contributed by atoms with Crippen molar-refractivity contribution in [2.24, 2.45) is 5.92 Å². The zero-order valence-corrected chi connectivity index (χ0v) is 9.92. The lowest BCUT2D eigenvalue weighted by Crippen LogP contribution is -2.41. The smallest absolute Gasteiger partial charge is 0.321 e. The quantitative estimate of drug-likeness (QED) is 0.822. The van der Waals surface area contributed by atoms with Crippen LogP contribution in [0.5, 0.6) is 0 Å². The molecule has 1 aromatic rings. The van der Waals surface area contributed by atoms with Crippen molar-refractivity contribution in [3.05, 3.63) is 30.1 Å². The molecule has 1 atom stereocenters. The van der Waals surface area contributed by atoms with Gasteiger partial charge >= 0.3 is 5.97 Å². The van der Waals surface area contributed by atoms with Gasteiger partial charge in [-0.15, -0.1) is 0 Å². The van der Waals surface area contributed by atoms with Crippen molar-refractivity contribution < 1.29 is 9.90 Å². The normalized spacial score (nSPS) is 13.1. The molecule has 1 unspecified atom stereocenters. The summed E-state index contributed by atoms with van der Waals surface area (Å²) in [6, 6.07) is 3.34. The van der Waals surface area contributed by atoms with Gasteiger partial charge in [0.05, 0.1) is 0 Å². The molecule has 0 fully saturated rings. The summed E-state index contributed by atoms with van der Waals surface area (Å²) in [5, 5.41) is 9.13. The first-order chi connectivity index (χ1) is 7.52. The Hall–Kier alpha value is -1.42. The van der Waals surface area contributed by atoms with E-state index in [0.717, 1.165) is 5.56 Å². The Balaban J connectivity index is 2.70. The molecular formula is C12H18N2O2. The van der Waals surface area contributed by atoms with E-state index in [1.54, 1.807) is 12.4 Å². The van der Waals surface area contributed by atoms with Crippen LogP contribution in [0.4, 0.5) is 0 Å². The highest BCUT2D eigenvalue weighted by atomic mass is 16.4. The van der Waals surface area contributed by atoms with Crippen LogP contribution in [0.15, 0.2) is 24.5 Å². The summed E-state index contributed by atoms with van der Waals surface area (Å²) in [5.74, 6) is -0.694. The Morgan fingerprint density at radius 2 is 2.25 bits per heavy atom. The molecule has 0 saturated heterocycles. The molecule has 0 bridgehead atoms. The molecule has 0 aliphatic rings. The maximum absolute atomic E-state index is 11.1. The average molecular weight is 222 g/mol. The summed E-state index contributed by atoms with van der Waals surface area (Å²) in [6.45, 7) is 4.43. The highest BCUT2D eigenvalue weighted by Crippen LogP contribution is 2.12. The number of aliphatic carboxylic acids is 1. The van der Waals surface area contributed by atoms with E-state index in [4.69, 9.17) is 5.11 Å². The molecule has 0 saturated carbocycles. The Morgan fingerprint density at radius 3 is 2.69 bits per heavy atom. The van der Waals surface area contributed by atoms with E-state index in [9.17, 15) is 4.79 Å². The van der Waals surface area contributed by atoms with E-state index in [1.165, 1.54) is 0 Å². The Morgan fingerprint density at radius 1 is 1.56 bits per heavy atom. The maximum atomic E-state index is 11.1. The fourth-order valence-corrected chi connectivity index (χ4v) is 1.86. The lowest BCUT2D eigenvalue weighted by molar-refractivity contribution is -0.144. The van der Waals surface area contributed by atoms with Gasteiger partial charge in [0.1, 0.15) is 6.04 Å². The molecule has 1 N–H and O–H groups in total. The van der Waals surface area contributed by atoms with E-state index < -0.39 is 12.0 Å². The topological polar surface area (TPSA) is 53.4 Å². The average Bonchev–Trinajstić information content (AvgIpc) is 2.17. The van der Waals surface area contributed by atoms with Gasteiger partial charge in [0, 0.05) is 18.9 Å². The number of hydrogen-bond donors (Lipinski definition) is 1. The number of carboxylic acids is 1. The van der Waals surface area contributed by atoms with Gasteiger partial charge in [-0.2, -0.15) is 0 Å². The maximum Gasteiger partial charge on any atom is 0.321 e. The predicted molar refractivity (Wildman–Crippen MR) is 62.0 cm³/mol. The lowest BCUT2D eigenvalue weighted by atomic mass is 10.0. The van der Waals surface area contributed by atoms with Crippen LogP contribution in [0.25, 0.3) is 0 Å². The van der Waals surface area contributed by atoms with Gasteiger partial charge in [0.2, 0.25) is 0 Å². The van der Waals surface area contributed by atoms with Crippen molar-refractivity contribution in [3.63, 3.8) is 0 Å². The van der Waals surface area contributed by atoms with Crippen molar-refractivity contribution in [2.45, 2.75) is 26.4 Å². The second kappa shape index (κ2) is 5.61. The number of likely N-dealkylation sites (N-methyl/N-ethyl adjacent to an activating group) is 1. The Labute approximate surface area is 95.9 Å². The summed E-state index contributed by atoms with van der Waals surface area (Å²) in [6.07, 6.45) is 3.47. The van der Waals surface area contributed by atoms with Crippen molar-refractivity contribution >= 4 is 5.97 Å². The molecule has 0 aliphatic carbocycles. The van der Waals surface area contributed by atoms with Gasteiger partial charge in [-0.3, -0.25) is 14.7 Å². The minimum atomic E-state index is -0.776. The number of carbonyl (C=O) groups is 1. The van der Waals surface area contributed by atoms with Gasteiger partial charge in [-0.05, 0) is 24.6 Å². The van der Waals surface area contributed by atoms with Gasteiger partial charge in [0.25, 0.3) is 0 Å². The lowest BCUT2D eigenvalue weighted by Gasteiger charge is -2.27. The van der Waals surface area contributed by atoms with Crippen molar-refractivity contribution in [2.75, 3.05) is 7.05 Å². The molecule has 0 radical (unpaired) electrons. The molecule has 0 spiro atoms. The zero-order valence-electron chi connectivity index (χ0n) is 9.92. The highest BCUT2D eigenvalue weighted by Gasteiger charge is 2.25. The first-order valence-electron chi connectivity index (χ1n) is 5.34. The van der Waals surface area contributed by atoms with E-state index >= 15 is 0 Å². The molecule has 4 nitrogen and oxygen atoms in total. The third-order valence-corrected chi connectivity index (χ3v) is 2.51. The summed E-state index contributed by atoms with van der Waals surface area (Å²) in [7, 11) is 1.83. The van der Waals surface area contributed by atoms with Crippen LogP contribution >= 0.6 is 0 Å². The molecular weight excluding hydrogens is 204 g/mol. The molecule has 0 aromatic carbocycles. The number of nitrogens with zero attached hydrogens (tertiary/aromatic N) is 2. The van der Waals surface area contributed by atoms with Crippen molar-refractivity contribution in [3.8, 4) is 0 Å². The number of carboxylic acid groups (broad SMARTS) is 1. The Bertz CT molecular complexity index is 338. The third-order valence-electron chi connectivity index (χ3n) is 2.51. The monoisotopic (exact) mass is 222 g/mol. The summed E-state index contributed by atoms with van der Waals surface area (Å²) >= 11 is 0. The summed E-state index contributed by atoms with van der Waals surface area (Å²) in [4.78, 5) is 17.0. The van der Waals surface area contributed by atoms with E-state index in [-0.39, 0.29) is 5.92 Å². The fraction of sp³-hybridized carbons (Fsp3) is 0.500. The molecule has 1 rings (SSSR count). The molecule has 88 valence electrons. The van der Waals surface area contributed by atoms with Crippen LogP contribution in [0, 0.1) is 5.92 Å². The van der Waals surface area contributed by atoms with Crippen LogP contribution in [-0.2, 0) is 11.3 Å². The van der Waals surface area contributed by atoms with Gasteiger partial charge < -0.3 is 5.11 Å². The molecule has 0 amide bonds. The van der Waals surface area contributed by atoms with E-state index in [2.05, 4.69) is 4.98 Å². The van der Waals surface area contributed by atoms with Gasteiger partial charge in [-0.1, -0.05) is 19.9 Å². The molecule has 1 aromatic heterocycles. The fourth-order valence-electron chi connectivity index (χ4n) is 1.86. The second-order valence-electron chi connectivity index (χ2n) is 4.30. The van der Waals surface area contributed by atoms with E-state index in [0.29, 0.717) is 6.54 Å². The first kappa shape index (κ1) is 12.6. The largest absolute Gasteiger partial charge is 0.480 e. The van der Waals surface area contributed by atoms with Crippen LogP contribution in [0.1, 0.15) is 19.4 Å². The SMILES string of the molecule is CC(C)C(C(=O)O)N(C)Cc1cccnc1. The number of aromatic nitrogens is 1. The van der Waals surface area contributed by atoms with Crippen molar-refractivity contribution in [1.29, 1.82) is 0 Å². The van der Waals surface area contributed by atoms with Gasteiger partial charge in [0.15, 0.2) is 0 Å². The molecule has 0 aliphatic heterocycles. The van der Waals surface area contributed by atoms with Crippen LogP contribution in [0.3, 0.4) is 0 Å². The van der Waals surface area contributed by atoms with Crippen LogP contribution < -0.4 is 0 Å². The Kier molecular flexibility index (Phi) is 4.43. The minimum absolute atomic E-state index is 0.0826. The van der Waals surface area contributed by atoms with Gasteiger partial charge in [-0.25, -0.2) is 0 Å².